The van der Waals surface area contributed by atoms with Crippen LogP contribution >= 0.6 is 0 Å². The van der Waals surface area contributed by atoms with E-state index in [0.717, 1.165) is 30.5 Å². The molecule has 9 unspecified atom stereocenters. The summed E-state index contributed by atoms with van der Waals surface area (Å²) >= 11 is 0. The third-order valence-corrected chi connectivity index (χ3v) is 8.18. The summed E-state index contributed by atoms with van der Waals surface area (Å²) in [7, 11) is 1.81. The van der Waals surface area contributed by atoms with Crippen LogP contribution in [0.4, 0.5) is 0 Å². The lowest BCUT2D eigenvalue weighted by Crippen LogP contribution is -2.62. The maximum atomic E-state index is 7.30. The third-order valence-electron chi connectivity index (χ3n) is 8.18. The number of aliphatic imine (C=N–C) groups is 1. The first-order valence-corrected chi connectivity index (χ1v) is 11.7. The molecule has 0 spiro atoms. The van der Waals surface area contributed by atoms with Crippen LogP contribution in [0, 0.1) is 59.2 Å². The van der Waals surface area contributed by atoms with Crippen molar-refractivity contribution in [1.82, 2.24) is 0 Å². The quantitative estimate of drug-likeness (QED) is 0.559. The first-order valence-electron chi connectivity index (χ1n) is 11.7. The predicted molar refractivity (Wildman–Crippen MR) is 126 cm³/mol. The molecule has 4 aliphatic carbocycles. The standard InChI is InChI=1S/C28H32N2O/c1-5-10-24(31-4)21-11-8-6-7-9-12-23-18(3)25(21)22-15-17(2)26-19-13-14-20(16-19)28(26,29)27(22)30-23/h6-7,13-15,18-21,23-26H,2,5,10,16,29H2,1,3-4H3/b7-6-. The zero-order valence-electron chi connectivity index (χ0n) is 18.8. The van der Waals surface area contributed by atoms with Gasteiger partial charge in [0.2, 0.25) is 0 Å². The lowest BCUT2D eigenvalue weighted by Gasteiger charge is -2.50. The monoisotopic (exact) mass is 412 g/mol. The number of hydrogen-bond acceptors (Lipinski definition) is 3. The number of methoxy groups -OCH3 is 1. The summed E-state index contributed by atoms with van der Waals surface area (Å²) in [5.41, 5.74) is 10.3. The predicted octanol–water partition coefficient (Wildman–Crippen LogP) is 4.09. The number of nitrogens with two attached hydrogens (primary N) is 1. The number of allylic oxidation sites excluding steroid dienone is 4. The Bertz CT molecular complexity index is 1040. The molecular formula is C28H32N2O. The molecule has 0 saturated heterocycles. The van der Waals surface area contributed by atoms with Gasteiger partial charge in [-0.15, -0.1) is 0 Å². The molecule has 5 rings (SSSR count). The Morgan fingerprint density at radius 1 is 1.29 bits per heavy atom. The van der Waals surface area contributed by atoms with E-state index in [0.29, 0.717) is 11.8 Å². The van der Waals surface area contributed by atoms with Crippen LogP contribution in [0.15, 0.2) is 53.1 Å². The van der Waals surface area contributed by atoms with Gasteiger partial charge in [0.05, 0.1) is 23.3 Å². The van der Waals surface area contributed by atoms with E-state index in [9.17, 15) is 0 Å². The number of hydrogen-bond donors (Lipinski definition) is 1. The highest BCUT2D eigenvalue weighted by molar-refractivity contribution is 6.11. The first-order chi connectivity index (χ1) is 15.0. The van der Waals surface area contributed by atoms with E-state index in [1.165, 1.54) is 5.57 Å². The minimum Gasteiger partial charge on any atom is -0.380 e. The van der Waals surface area contributed by atoms with Crippen molar-refractivity contribution in [2.75, 3.05) is 7.11 Å². The molecule has 0 aromatic heterocycles. The van der Waals surface area contributed by atoms with Gasteiger partial charge in [-0.3, -0.25) is 4.99 Å². The second kappa shape index (κ2) is 7.67. The zero-order valence-corrected chi connectivity index (χ0v) is 18.8. The van der Waals surface area contributed by atoms with Gasteiger partial charge in [-0.05, 0) is 48.0 Å². The minimum atomic E-state index is -0.482. The van der Waals surface area contributed by atoms with Crippen molar-refractivity contribution in [2.45, 2.75) is 50.8 Å². The average molecular weight is 413 g/mol. The van der Waals surface area contributed by atoms with Crippen molar-refractivity contribution in [1.29, 1.82) is 0 Å². The van der Waals surface area contributed by atoms with Crippen molar-refractivity contribution < 1.29 is 4.74 Å². The van der Waals surface area contributed by atoms with Crippen LogP contribution in [0.1, 0.15) is 33.1 Å². The van der Waals surface area contributed by atoms with Crippen LogP contribution in [0.3, 0.4) is 0 Å². The van der Waals surface area contributed by atoms with Crippen LogP contribution in [0.2, 0.25) is 0 Å². The molecule has 1 saturated carbocycles. The van der Waals surface area contributed by atoms with Crippen molar-refractivity contribution in [3.63, 3.8) is 0 Å². The summed E-state index contributed by atoms with van der Waals surface area (Å²) in [4.78, 5) is 5.26. The van der Waals surface area contributed by atoms with Crippen molar-refractivity contribution in [3.8, 4) is 23.7 Å². The fraction of sp³-hybridized carbons (Fsp3) is 0.536. The van der Waals surface area contributed by atoms with E-state index in [1.54, 1.807) is 0 Å². The lowest BCUT2D eigenvalue weighted by atomic mass is 9.58. The molecule has 2 N–H and O–H groups in total. The number of rotatable bonds is 4. The largest absolute Gasteiger partial charge is 0.380 e. The molecule has 1 aliphatic heterocycles. The van der Waals surface area contributed by atoms with Crippen molar-refractivity contribution in [3.05, 3.63) is 48.1 Å². The molecule has 3 heteroatoms. The zero-order chi connectivity index (χ0) is 21.8. The van der Waals surface area contributed by atoms with E-state index in [1.807, 2.05) is 19.3 Å². The number of nitrogens with zero attached hydrogens (tertiary/aromatic N) is 1. The summed E-state index contributed by atoms with van der Waals surface area (Å²) < 4.78 is 6.01. The third kappa shape index (κ3) is 2.95. The highest BCUT2D eigenvalue weighted by Crippen LogP contribution is 2.58. The molecule has 3 nitrogen and oxygen atoms in total. The molecular weight excluding hydrogens is 380 g/mol. The second-order valence-electron chi connectivity index (χ2n) is 9.78. The van der Waals surface area contributed by atoms with Crippen molar-refractivity contribution >= 4 is 5.71 Å². The van der Waals surface area contributed by atoms with E-state index in [-0.39, 0.29) is 35.8 Å². The minimum absolute atomic E-state index is 0.0610. The first kappa shape index (κ1) is 20.6. The van der Waals surface area contributed by atoms with Crippen LogP contribution in [-0.2, 0) is 4.74 Å². The number of fused-ring (bicyclic) bond motifs is 10. The van der Waals surface area contributed by atoms with Gasteiger partial charge in [0, 0.05) is 24.9 Å². The Morgan fingerprint density at radius 2 is 2.06 bits per heavy atom. The highest BCUT2D eigenvalue weighted by atomic mass is 16.5. The van der Waals surface area contributed by atoms with Crippen LogP contribution in [0.25, 0.3) is 0 Å². The van der Waals surface area contributed by atoms with Crippen LogP contribution in [-0.4, -0.2) is 30.5 Å². The van der Waals surface area contributed by atoms with Crippen LogP contribution in [0.5, 0.6) is 0 Å². The van der Waals surface area contributed by atoms with Gasteiger partial charge in [0.25, 0.3) is 0 Å². The summed E-state index contributed by atoms with van der Waals surface area (Å²) in [6.45, 7) is 8.96. The maximum Gasteiger partial charge on any atom is 0.114 e. The Labute approximate surface area is 186 Å². The Kier molecular flexibility index (Phi) is 5.09. The molecule has 9 atom stereocenters. The van der Waals surface area contributed by atoms with Crippen molar-refractivity contribution in [2.24, 2.45) is 46.2 Å². The van der Waals surface area contributed by atoms with Gasteiger partial charge in [-0.1, -0.05) is 68.8 Å². The molecule has 1 heterocycles. The Morgan fingerprint density at radius 3 is 2.81 bits per heavy atom. The molecule has 0 amide bonds. The molecule has 5 aliphatic rings. The van der Waals surface area contributed by atoms with Crippen LogP contribution < -0.4 is 5.73 Å². The molecule has 0 aromatic rings. The fourth-order valence-corrected chi connectivity index (χ4v) is 6.79. The highest BCUT2D eigenvalue weighted by Gasteiger charge is 2.61. The summed E-state index contributed by atoms with van der Waals surface area (Å²) in [5, 5.41) is 0. The van der Waals surface area contributed by atoms with Gasteiger partial charge in [0.15, 0.2) is 0 Å². The molecule has 0 aromatic carbocycles. The SMILES string of the molecule is C=C1C=C2C(=NC3C#C/C=C\C#CC(C(CCC)OC)C2C3C)C2(N)C3C=CC(C3)C12. The maximum absolute atomic E-state index is 7.30. The number of ether oxygens (including phenoxy) is 1. The summed E-state index contributed by atoms with van der Waals surface area (Å²) in [6, 6.07) is -0.0844. The van der Waals surface area contributed by atoms with Gasteiger partial charge < -0.3 is 10.5 Å². The fourth-order valence-electron chi connectivity index (χ4n) is 6.79. The Hall–Kier alpha value is -2.33. The summed E-state index contributed by atoms with van der Waals surface area (Å²) in [5.74, 6) is 14.9. The normalized spacial score (nSPS) is 43.4. The van der Waals surface area contributed by atoms with E-state index < -0.39 is 5.54 Å². The smallest absolute Gasteiger partial charge is 0.114 e. The van der Waals surface area contributed by atoms with E-state index >= 15 is 0 Å². The van der Waals surface area contributed by atoms with Gasteiger partial charge in [0.1, 0.15) is 6.04 Å². The molecule has 160 valence electrons. The van der Waals surface area contributed by atoms with E-state index in [2.05, 4.69) is 62.3 Å². The average Bonchev–Trinajstić information content (AvgIpc) is 3.33. The second-order valence-corrected chi connectivity index (χ2v) is 9.78. The Balaban J connectivity index is 1.70. The van der Waals surface area contributed by atoms with E-state index in [4.69, 9.17) is 15.5 Å². The lowest BCUT2D eigenvalue weighted by molar-refractivity contribution is 0.0391. The summed E-state index contributed by atoms with van der Waals surface area (Å²) in [6.07, 6.45) is 13.8. The van der Waals surface area contributed by atoms with Gasteiger partial charge in [-0.2, -0.15) is 0 Å². The topological polar surface area (TPSA) is 47.6 Å². The van der Waals surface area contributed by atoms with Gasteiger partial charge in [-0.25, -0.2) is 0 Å². The molecule has 4 bridgehead atoms. The molecule has 1 fully saturated rings. The molecule has 0 radical (unpaired) electrons. The van der Waals surface area contributed by atoms with Gasteiger partial charge >= 0.3 is 0 Å². The molecule has 31 heavy (non-hydrogen) atoms.